The lowest BCUT2D eigenvalue weighted by Gasteiger charge is -2.26. The van der Waals surface area contributed by atoms with Crippen LogP contribution in [-0.4, -0.2) is 42.0 Å². The fraction of sp³-hybridized carbons (Fsp3) is 0.357. The summed E-state index contributed by atoms with van der Waals surface area (Å²) in [4.78, 5) is 19.4. The molecule has 1 aromatic heterocycles. The number of hydrogen-bond acceptors (Lipinski definition) is 4. The smallest absolute Gasteiger partial charge is 0.140 e. The summed E-state index contributed by atoms with van der Waals surface area (Å²) in [6.45, 7) is 3.93. The van der Waals surface area contributed by atoms with E-state index < -0.39 is 0 Å². The third kappa shape index (κ3) is 5.55. The van der Waals surface area contributed by atoms with E-state index in [0.717, 1.165) is 56.8 Å². The van der Waals surface area contributed by atoms with Gasteiger partial charge in [0, 0.05) is 43.7 Å². The lowest BCUT2D eigenvalue weighted by Crippen LogP contribution is -2.35. The molecule has 0 N–H and O–H groups in total. The highest BCUT2D eigenvalue weighted by Gasteiger charge is 2.41. The second-order valence-electron chi connectivity index (χ2n) is 9.19. The van der Waals surface area contributed by atoms with E-state index in [-0.39, 0.29) is 17.5 Å². The van der Waals surface area contributed by atoms with Gasteiger partial charge in [-0.1, -0.05) is 42.5 Å². The van der Waals surface area contributed by atoms with Gasteiger partial charge in [-0.05, 0) is 53.6 Å². The molecule has 33 heavy (non-hydrogen) atoms. The van der Waals surface area contributed by atoms with Gasteiger partial charge in [0.2, 0.25) is 0 Å². The van der Waals surface area contributed by atoms with E-state index in [1.807, 2.05) is 36.4 Å². The minimum absolute atomic E-state index is 0.154. The Morgan fingerprint density at radius 3 is 2.52 bits per heavy atom. The molecule has 0 spiro atoms. The van der Waals surface area contributed by atoms with E-state index in [1.165, 1.54) is 5.56 Å². The number of pyridine rings is 1. The Morgan fingerprint density at radius 2 is 1.79 bits per heavy atom. The Balaban J connectivity index is 1.17. The highest BCUT2D eigenvalue weighted by Crippen LogP contribution is 2.42. The van der Waals surface area contributed by atoms with E-state index in [9.17, 15) is 9.18 Å². The average molecular weight is 445 g/mol. The maximum Gasteiger partial charge on any atom is 0.140 e. The number of rotatable bonds is 8. The van der Waals surface area contributed by atoms with Gasteiger partial charge in [-0.15, -0.1) is 0 Å². The van der Waals surface area contributed by atoms with Crippen molar-refractivity contribution in [1.82, 2.24) is 9.88 Å². The van der Waals surface area contributed by atoms with E-state index in [2.05, 4.69) is 22.0 Å². The van der Waals surface area contributed by atoms with Crippen LogP contribution in [0.1, 0.15) is 23.1 Å². The molecular weight excluding hydrogens is 415 g/mol. The quantitative estimate of drug-likeness (QED) is 0.505. The lowest BCUT2D eigenvalue weighted by atomic mass is 10.0. The molecule has 1 saturated carbocycles. The molecule has 2 aliphatic rings. The Morgan fingerprint density at radius 1 is 1.00 bits per heavy atom. The van der Waals surface area contributed by atoms with Crippen LogP contribution in [0.15, 0.2) is 66.9 Å². The summed E-state index contributed by atoms with van der Waals surface area (Å²) in [5, 5.41) is 0. The van der Waals surface area contributed by atoms with Crippen molar-refractivity contribution in [3.63, 3.8) is 0 Å². The summed E-state index contributed by atoms with van der Waals surface area (Å²) >= 11 is 0. The van der Waals surface area contributed by atoms with Gasteiger partial charge in [-0.3, -0.25) is 14.7 Å². The van der Waals surface area contributed by atoms with Crippen molar-refractivity contribution < 1.29 is 13.9 Å². The van der Waals surface area contributed by atoms with Gasteiger partial charge in [-0.2, -0.15) is 0 Å². The number of aromatic nitrogens is 1. The highest BCUT2D eigenvalue weighted by atomic mass is 19.1. The molecule has 2 aromatic carbocycles. The molecule has 2 atom stereocenters. The number of carbonyl (C=O) groups excluding carboxylic acids is 1. The third-order valence-electron chi connectivity index (χ3n) is 6.70. The largest absolute Gasteiger partial charge is 0.379 e. The number of halogens is 1. The lowest BCUT2D eigenvalue weighted by molar-refractivity contribution is -0.119. The van der Waals surface area contributed by atoms with Crippen molar-refractivity contribution in [2.45, 2.75) is 25.8 Å². The Labute approximate surface area is 194 Å². The fourth-order valence-electron chi connectivity index (χ4n) is 4.69. The minimum Gasteiger partial charge on any atom is -0.379 e. The van der Waals surface area contributed by atoms with E-state index in [4.69, 9.17) is 4.74 Å². The van der Waals surface area contributed by atoms with Crippen molar-refractivity contribution in [2.24, 2.45) is 11.8 Å². The summed E-state index contributed by atoms with van der Waals surface area (Å²) in [5.74, 6) is 0.626. The number of carbonyl (C=O) groups is 1. The molecule has 0 radical (unpaired) electrons. The van der Waals surface area contributed by atoms with Gasteiger partial charge in [0.15, 0.2) is 0 Å². The number of nitrogens with zero attached hydrogens (tertiary/aromatic N) is 2. The number of Topliss-reactive ketones (excluding diaryl/α,β-unsaturated/α-hetero) is 1. The zero-order chi connectivity index (χ0) is 22.6. The second-order valence-corrected chi connectivity index (χ2v) is 9.19. The number of ether oxygens (including phenoxy) is 1. The first kappa shape index (κ1) is 21.9. The van der Waals surface area contributed by atoms with Crippen LogP contribution in [0, 0.1) is 17.7 Å². The predicted molar refractivity (Wildman–Crippen MR) is 126 cm³/mol. The molecule has 2 heterocycles. The first-order valence-electron chi connectivity index (χ1n) is 11.8. The van der Waals surface area contributed by atoms with Crippen molar-refractivity contribution >= 4 is 5.78 Å². The number of benzene rings is 2. The van der Waals surface area contributed by atoms with Crippen LogP contribution < -0.4 is 0 Å². The maximum absolute atomic E-state index is 14.8. The molecule has 1 aliphatic carbocycles. The molecule has 2 fully saturated rings. The first-order valence-corrected chi connectivity index (χ1v) is 11.8. The molecule has 3 aromatic rings. The summed E-state index contributed by atoms with van der Waals surface area (Å²) in [7, 11) is 0. The monoisotopic (exact) mass is 444 g/mol. The minimum atomic E-state index is -0.265. The summed E-state index contributed by atoms with van der Waals surface area (Å²) < 4.78 is 20.2. The van der Waals surface area contributed by atoms with Crippen LogP contribution in [-0.2, 0) is 28.9 Å². The van der Waals surface area contributed by atoms with Crippen LogP contribution in [0.3, 0.4) is 0 Å². The van der Waals surface area contributed by atoms with Gasteiger partial charge < -0.3 is 4.74 Å². The number of morpholine rings is 1. The summed E-state index contributed by atoms with van der Waals surface area (Å²) in [6.07, 6.45) is 4.05. The fourth-order valence-corrected chi connectivity index (χ4v) is 4.69. The van der Waals surface area contributed by atoms with Gasteiger partial charge in [0.05, 0.1) is 18.9 Å². The van der Waals surface area contributed by atoms with Gasteiger partial charge >= 0.3 is 0 Å². The van der Waals surface area contributed by atoms with Crippen molar-refractivity contribution in [2.75, 3.05) is 26.3 Å². The molecule has 2 unspecified atom stereocenters. The zero-order valence-electron chi connectivity index (χ0n) is 18.8. The van der Waals surface area contributed by atoms with Crippen LogP contribution in [0.5, 0.6) is 0 Å². The van der Waals surface area contributed by atoms with E-state index in [1.54, 1.807) is 18.3 Å². The predicted octanol–water partition coefficient (Wildman–Crippen LogP) is 4.71. The average Bonchev–Trinajstić information content (AvgIpc) is 3.60. The highest BCUT2D eigenvalue weighted by molar-refractivity contribution is 5.85. The van der Waals surface area contributed by atoms with Crippen molar-refractivity contribution in [3.05, 3.63) is 89.4 Å². The number of ketones is 1. The first-order chi connectivity index (χ1) is 16.2. The molecule has 4 nitrogen and oxygen atoms in total. The van der Waals surface area contributed by atoms with Crippen LogP contribution in [0.2, 0.25) is 0 Å². The van der Waals surface area contributed by atoms with Gasteiger partial charge in [0.25, 0.3) is 0 Å². The van der Waals surface area contributed by atoms with E-state index >= 15 is 0 Å². The normalized spacial score (nSPS) is 20.5. The standard InChI is InChI=1S/C28H29FN2O2/c29-26-15-22(19-31-10-12-33-13-11-31)6-8-24(26)27-9-7-21(18-30-27)16-28(32)25-17-23(25)14-20-4-2-1-3-5-20/h1-9,15,18,23,25H,10-14,16-17,19H2. The van der Waals surface area contributed by atoms with E-state index in [0.29, 0.717) is 23.6 Å². The van der Waals surface area contributed by atoms with Crippen molar-refractivity contribution in [1.29, 1.82) is 0 Å². The second kappa shape index (κ2) is 9.94. The molecule has 0 amide bonds. The zero-order valence-corrected chi connectivity index (χ0v) is 18.8. The van der Waals surface area contributed by atoms with Crippen LogP contribution >= 0.6 is 0 Å². The molecule has 1 aliphatic heterocycles. The molecule has 170 valence electrons. The summed E-state index contributed by atoms with van der Waals surface area (Å²) in [5.41, 5.74) is 4.22. The summed E-state index contributed by atoms with van der Waals surface area (Å²) in [6, 6.07) is 19.4. The topological polar surface area (TPSA) is 42.4 Å². The Bertz CT molecular complexity index is 1090. The Hall–Kier alpha value is -2.89. The van der Waals surface area contributed by atoms with Gasteiger partial charge in [-0.25, -0.2) is 4.39 Å². The number of hydrogen-bond donors (Lipinski definition) is 0. The molecular formula is C28H29FN2O2. The van der Waals surface area contributed by atoms with Crippen molar-refractivity contribution in [3.8, 4) is 11.3 Å². The molecule has 1 saturated heterocycles. The third-order valence-corrected chi connectivity index (χ3v) is 6.70. The maximum atomic E-state index is 14.8. The van der Waals surface area contributed by atoms with Crippen LogP contribution in [0.4, 0.5) is 4.39 Å². The van der Waals surface area contributed by atoms with Crippen LogP contribution in [0.25, 0.3) is 11.3 Å². The Kier molecular flexibility index (Phi) is 6.60. The molecule has 0 bridgehead atoms. The molecule has 5 heteroatoms. The molecule has 5 rings (SSSR count). The van der Waals surface area contributed by atoms with Gasteiger partial charge in [0.1, 0.15) is 11.6 Å². The SMILES string of the molecule is O=C(Cc1ccc(-c2ccc(CN3CCOCC3)cc2F)nc1)C1CC1Cc1ccccc1.